The van der Waals surface area contributed by atoms with Gasteiger partial charge in [0.2, 0.25) is 11.8 Å². The Labute approximate surface area is 300 Å². The predicted molar refractivity (Wildman–Crippen MR) is 190 cm³/mol. The number of nitrogens with one attached hydrogen (secondary N) is 4. The number of benzene rings is 2. The molecular weight excluding hydrogens is 664 g/mol. The molecule has 52 heavy (non-hydrogen) atoms. The normalized spacial score (nSPS) is 21.2. The van der Waals surface area contributed by atoms with Crippen LogP contribution in [-0.4, -0.2) is 89.1 Å². The Hall–Kier alpha value is -5.66. The standard InChI is InChI=1S/C38H42N8O6/c47-35(31(25-13-14-25)43-37(49)50)45-17-1-3-29(45)33-39-19-27(41-33)23-9-5-21(6-10-23)22-7-11-24(12-8-22)28-20-40-34(42-28)30-4-2-18-46(30)36(48)32(26-15-16-26)44-38(51)52/h5-12,19-20,25-26,29-32,43-44H,1-4,13-18H2,(H,39,41)(H,40,42)(H,49,50)(H,51,52)/t29-,30-,31-,32-/m0/s1. The Morgan fingerprint density at radius 1 is 0.596 bits per heavy atom. The third-order valence-corrected chi connectivity index (χ3v) is 10.9. The van der Waals surface area contributed by atoms with Crippen molar-refractivity contribution in [2.45, 2.75) is 75.5 Å². The van der Waals surface area contributed by atoms with Crippen molar-refractivity contribution in [1.29, 1.82) is 0 Å². The zero-order valence-electron chi connectivity index (χ0n) is 28.6. The molecule has 270 valence electrons. The number of hydrogen-bond acceptors (Lipinski definition) is 6. The maximum absolute atomic E-state index is 13.4. The van der Waals surface area contributed by atoms with Gasteiger partial charge in [0.15, 0.2) is 0 Å². The fraction of sp³-hybridized carbons (Fsp3) is 0.421. The number of carboxylic acid groups (broad SMARTS) is 2. The Kier molecular flexibility index (Phi) is 8.89. The Morgan fingerprint density at radius 2 is 0.962 bits per heavy atom. The molecule has 2 saturated carbocycles. The van der Waals surface area contributed by atoms with Crippen LogP contribution in [0.4, 0.5) is 9.59 Å². The molecule has 0 spiro atoms. The lowest BCUT2D eigenvalue weighted by Gasteiger charge is -2.28. The summed E-state index contributed by atoms with van der Waals surface area (Å²) in [7, 11) is 0. The molecule has 2 aliphatic carbocycles. The van der Waals surface area contributed by atoms with Crippen LogP contribution in [0.25, 0.3) is 33.6 Å². The van der Waals surface area contributed by atoms with Crippen molar-refractivity contribution in [2.24, 2.45) is 11.8 Å². The van der Waals surface area contributed by atoms with Gasteiger partial charge in [-0.05, 0) is 85.5 Å². The van der Waals surface area contributed by atoms with E-state index in [9.17, 15) is 29.4 Å². The Bertz CT molecular complexity index is 1820. The summed E-state index contributed by atoms with van der Waals surface area (Å²) in [5, 5.41) is 23.5. The van der Waals surface area contributed by atoms with Crippen LogP contribution >= 0.6 is 0 Å². The highest BCUT2D eigenvalue weighted by atomic mass is 16.4. The van der Waals surface area contributed by atoms with Crippen LogP contribution in [0.1, 0.15) is 75.1 Å². The van der Waals surface area contributed by atoms with E-state index in [-0.39, 0.29) is 35.7 Å². The predicted octanol–water partition coefficient (Wildman–Crippen LogP) is 5.55. The van der Waals surface area contributed by atoms with Crippen molar-refractivity contribution in [3.63, 3.8) is 0 Å². The van der Waals surface area contributed by atoms with Crippen molar-refractivity contribution < 1.29 is 29.4 Å². The van der Waals surface area contributed by atoms with Gasteiger partial charge >= 0.3 is 12.2 Å². The molecule has 0 radical (unpaired) electrons. The van der Waals surface area contributed by atoms with E-state index in [0.717, 1.165) is 85.0 Å². The minimum absolute atomic E-state index is 0.0632. The van der Waals surface area contributed by atoms with E-state index in [4.69, 9.17) is 0 Å². The molecule has 6 N–H and O–H groups in total. The van der Waals surface area contributed by atoms with Gasteiger partial charge in [0, 0.05) is 13.1 Å². The average Bonchev–Trinajstić information content (AvgIpc) is 3.87. The Morgan fingerprint density at radius 3 is 1.31 bits per heavy atom. The van der Waals surface area contributed by atoms with Crippen molar-refractivity contribution in [3.05, 3.63) is 72.6 Å². The van der Waals surface area contributed by atoms with E-state index in [1.54, 1.807) is 22.2 Å². The number of carbonyl (C=O) groups is 4. The molecule has 2 aromatic carbocycles. The van der Waals surface area contributed by atoms with Gasteiger partial charge in [-0.1, -0.05) is 48.5 Å². The van der Waals surface area contributed by atoms with Crippen LogP contribution in [0, 0.1) is 11.8 Å². The molecule has 14 heteroatoms. The van der Waals surface area contributed by atoms with Gasteiger partial charge in [-0.15, -0.1) is 0 Å². The van der Waals surface area contributed by atoms with E-state index < -0.39 is 24.3 Å². The number of carbonyl (C=O) groups excluding carboxylic acids is 2. The highest BCUT2D eigenvalue weighted by Gasteiger charge is 2.44. The molecule has 2 aliphatic heterocycles. The third kappa shape index (κ3) is 6.84. The minimum Gasteiger partial charge on any atom is -0.465 e. The summed E-state index contributed by atoms with van der Waals surface area (Å²) >= 11 is 0. The second kappa shape index (κ2) is 13.8. The fourth-order valence-corrected chi connectivity index (χ4v) is 7.86. The molecule has 4 aliphatic rings. The molecule has 4 heterocycles. The molecular formula is C38H42N8O6. The van der Waals surface area contributed by atoms with Crippen molar-refractivity contribution in [3.8, 4) is 33.6 Å². The molecule has 14 nitrogen and oxygen atoms in total. The number of aromatic nitrogens is 4. The molecule has 0 unspecified atom stereocenters. The van der Waals surface area contributed by atoms with Gasteiger partial charge in [0.25, 0.3) is 0 Å². The topological polar surface area (TPSA) is 197 Å². The zero-order valence-corrected chi connectivity index (χ0v) is 28.6. The van der Waals surface area contributed by atoms with Gasteiger partial charge in [-0.25, -0.2) is 19.6 Å². The average molecular weight is 707 g/mol. The van der Waals surface area contributed by atoms with Crippen LogP contribution in [0.15, 0.2) is 60.9 Å². The maximum Gasteiger partial charge on any atom is 0.405 e. The number of aromatic amines is 2. The van der Waals surface area contributed by atoms with Gasteiger partial charge in [-0.2, -0.15) is 0 Å². The first-order chi connectivity index (χ1) is 25.2. The quantitative estimate of drug-likeness (QED) is 0.117. The van der Waals surface area contributed by atoms with E-state index in [1.807, 2.05) is 24.3 Å². The van der Waals surface area contributed by atoms with Crippen LogP contribution in [0.5, 0.6) is 0 Å². The number of imidazole rings is 2. The largest absolute Gasteiger partial charge is 0.465 e. The number of likely N-dealkylation sites (tertiary alicyclic amines) is 2. The first-order valence-corrected chi connectivity index (χ1v) is 18.1. The summed E-state index contributed by atoms with van der Waals surface area (Å²) in [6, 6.07) is 14.5. The SMILES string of the molecule is O=C(O)N[C@H](C(=O)N1CCC[C@H]1c1ncc(-c2ccc(-c3ccc(-c4cnc([C@@H]5CCCN5C(=O)[C@@H](NC(=O)O)C5CC5)[nH]4)cc3)cc2)[nH]1)C1CC1. The molecule has 2 aromatic heterocycles. The van der Waals surface area contributed by atoms with Gasteiger partial charge < -0.3 is 40.6 Å². The number of rotatable bonds is 11. The van der Waals surface area contributed by atoms with Crippen LogP contribution in [0.3, 0.4) is 0 Å². The highest BCUT2D eigenvalue weighted by Crippen LogP contribution is 2.39. The van der Waals surface area contributed by atoms with E-state index in [2.05, 4.69) is 54.8 Å². The molecule has 4 atom stereocenters. The second-order valence-electron chi connectivity index (χ2n) is 14.4. The summed E-state index contributed by atoms with van der Waals surface area (Å²) < 4.78 is 0. The van der Waals surface area contributed by atoms with E-state index in [1.165, 1.54) is 0 Å². The Balaban J connectivity index is 0.917. The molecule has 4 fully saturated rings. The van der Waals surface area contributed by atoms with Gasteiger partial charge in [0.1, 0.15) is 23.7 Å². The minimum atomic E-state index is -1.17. The van der Waals surface area contributed by atoms with Crippen LogP contribution < -0.4 is 10.6 Å². The third-order valence-electron chi connectivity index (χ3n) is 10.9. The molecule has 2 saturated heterocycles. The van der Waals surface area contributed by atoms with Gasteiger partial charge in [0.05, 0.1) is 35.9 Å². The summed E-state index contributed by atoms with van der Waals surface area (Å²) in [5.41, 5.74) is 5.71. The fourth-order valence-electron chi connectivity index (χ4n) is 7.86. The number of H-pyrrole nitrogens is 2. The molecule has 8 rings (SSSR count). The molecule has 4 aromatic rings. The lowest BCUT2D eigenvalue weighted by molar-refractivity contribution is -0.135. The first-order valence-electron chi connectivity index (χ1n) is 18.1. The summed E-state index contributed by atoms with van der Waals surface area (Å²) in [4.78, 5) is 69.1. The van der Waals surface area contributed by atoms with Crippen molar-refractivity contribution >= 4 is 24.0 Å². The van der Waals surface area contributed by atoms with Crippen molar-refractivity contribution in [1.82, 2.24) is 40.4 Å². The first kappa shape index (κ1) is 33.5. The summed E-state index contributed by atoms with van der Waals surface area (Å²) in [5.74, 6) is 1.20. The lowest BCUT2D eigenvalue weighted by Crippen LogP contribution is -2.49. The van der Waals surface area contributed by atoms with Crippen molar-refractivity contribution in [2.75, 3.05) is 13.1 Å². The van der Waals surface area contributed by atoms with Crippen LogP contribution in [0.2, 0.25) is 0 Å². The smallest absolute Gasteiger partial charge is 0.405 e. The monoisotopic (exact) mass is 706 g/mol. The molecule has 0 bridgehead atoms. The number of nitrogens with zero attached hydrogens (tertiary/aromatic N) is 4. The number of amides is 4. The second-order valence-corrected chi connectivity index (χ2v) is 14.4. The zero-order chi connectivity index (χ0) is 35.9. The van der Waals surface area contributed by atoms with E-state index in [0.29, 0.717) is 24.7 Å². The molecule has 4 amide bonds. The summed E-state index contributed by atoms with van der Waals surface area (Å²) in [6.45, 7) is 1.15. The maximum atomic E-state index is 13.4. The summed E-state index contributed by atoms with van der Waals surface area (Å²) in [6.07, 6.45) is 7.84. The van der Waals surface area contributed by atoms with Crippen LogP contribution in [-0.2, 0) is 9.59 Å². The van der Waals surface area contributed by atoms with Gasteiger partial charge in [-0.3, -0.25) is 9.59 Å². The number of hydrogen-bond donors (Lipinski definition) is 6. The highest BCUT2D eigenvalue weighted by molar-refractivity contribution is 5.87. The van der Waals surface area contributed by atoms with E-state index >= 15 is 0 Å². The lowest BCUT2D eigenvalue weighted by atomic mass is 10.0.